The second-order valence-electron chi connectivity index (χ2n) is 4.75. The quantitative estimate of drug-likeness (QED) is 0.606. The van der Waals surface area contributed by atoms with Gasteiger partial charge in [-0.1, -0.05) is 23.7 Å². The predicted octanol–water partition coefficient (Wildman–Crippen LogP) is 4.94. The van der Waals surface area contributed by atoms with Crippen molar-refractivity contribution in [2.24, 2.45) is 0 Å². The van der Waals surface area contributed by atoms with E-state index in [2.05, 4.69) is 5.32 Å². The lowest BCUT2D eigenvalue weighted by molar-refractivity contribution is 0.104. The van der Waals surface area contributed by atoms with Gasteiger partial charge in [-0.2, -0.15) is 0 Å². The summed E-state index contributed by atoms with van der Waals surface area (Å²) < 4.78 is 5.55. The summed E-state index contributed by atoms with van der Waals surface area (Å²) in [6.45, 7) is 4.37. The van der Waals surface area contributed by atoms with Crippen molar-refractivity contribution in [3.05, 3.63) is 70.9 Å². The van der Waals surface area contributed by atoms with Gasteiger partial charge in [-0.25, -0.2) is 0 Å². The molecule has 0 aliphatic rings. The Morgan fingerprint density at radius 1 is 1.18 bits per heavy atom. The van der Waals surface area contributed by atoms with Gasteiger partial charge in [-0.05, 0) is 50.2 Å². The highest BCUT2D eigenvalue weighted by molar-refractivity contribution is 6.30. The Morgan fingerprint density at radius 2 is 1.86 bits per heavy atom. The third kappa shape index (κ3) is 4.37. The average molecular weight is 316 g/mol. The molecular formula is C18H18ClNO2. The van der Waals surface area contributed by atoms with E-state index in [1.165, 1.54) is 0 Å². The molecule has 0 saturated heterocycles. The van der Waals surface area contributed by atoms with Crippen molar-refractivity contribution in [2.45, 2.75) is 13.8 Å². The second-order valence-corrected chi connectivity index (χ2v) is 5.19. The molecular weight excluding hydrogens is 298 g/mol. The highest BCUT2D eigenvalue weighted by atomic mass is 35.5. The van der Waals surface area contributed by atoms with Gasteiger partial charge in [0, 0.05) is 22.4 Å². The maximum absolute atomic E-state index is 12.2. The van der Waals surface area contributed by atoms with Gasteiger partial charge >= 0.3 is 0 Å². The number of ether oxygens (including phenoxy) is 1. The van der Waals surface area contributed by atoms with Crippen LogP contribution < -0.4 is 10.1 Å². The summed E-state index contributed by atoms with van der Waals surface area (Å²) in [5, 5.41) is 3.81. The van der Waals surface area contributed by atoms with Crippen molar-refractivity contribution in [3.8, 4) is 5.75 Å². The van der Waals surface area contributed by atoms with Gasteiger partial charge in [0.1, 0.15) is 5.75 Å². The zero-order valence-electron chi connectivity index (χ0n) is 12.6. The van der Waals surface area contributed by atoms with Crippen molar-refractivity contribution >= 4 is 23.1 Å². The predicted molar refractivity (Wildman–Crippen MR) is 90.8 cm³/mol. The number of ketones is 1. The molecule has 3 nitrogen and oxygen atoms in total. The Hall–Kier alpha value is -2.26. The molecule has 0 radical (unpaired) electrons. The van der Waals surface area contributed by atoms with Crippen LogP contribution in [-0.4, -0.2) is 12.4 Å². The van der Waals surface area contributed by atoms with E-state index in [0.29, 0.717) is 17.2 Å². The summed E-state index contributed by atoms with van der Waals surface area (Å²) in [6, 6.07) is 14.5. The number of hydrogen-bond donors (Lipinski definition) is 1. The summed E-state index contributed by atoms with van der Waals surface area (Å²) in [5.74, 6) is 0.687. The van der Waals surface area contributed by atoms with Crippen LogP contribution in [0.2, 0.25) is 5.02 Å². The van der Waals surface area contributed by atoms with Crippen molar-refractivity contribution < 1.29 is 9.53 Å². The average Bonchev–Trinajstić information content (AvgIpc) is 2.50. The van der Waals surface area contributed by atoms with E-state index in [4.69, 9.17) is 16.3 Å². The Bertz CT molecular complexity index is 678. The van der Waals surface area contributed by atoms with Crippen LogP contribution in [0.15, 0.2) is 60.3 Å². The standard InChI is InChI=1S/C18H18ClNO2/c1-3-22-18-7-5-4-6-16(18)20-13(2)12-17(21)14-8-10-15(19)11-9-14/h4-12,20H,3H2,1-2H3/b13-12-. The first-order chi connectivity index (χ1) is 10.6. The summed E-state index contributed by atoms with van der Waals surface area (Å²) in [4.78, 5) is 12.2. The van der Waals surface area contributed by atoms with Gasteiger partial charge in [0.15, 0.2) is 5.78 Å². The molecule has 0 aromatic heterocycles. The van der Waals surface area contributed by atoms with Crippen molar-refractivity contribution in [3.63, 3.8) is 0 Å². The molecule has 0 amide bonds. The number of allylic oxidation sites excluding steroid dienone is 2. The first kappa shape index (κ1) is 16.1. The molecule has 0 atom stereocenters. The minimum Gasteiger partial charge on any atom is -0.492 e. The van der Waals surface area contributed by atoms with Gasteiger partial charge in [0.2, 0.25) is 0 Å². The SMILES string of the molecule is CCOc1ccccc1N/C(C)=C\C(=O)c1ccc(Cl)cc1. The third-order valence-electron chi connectivity index (χ3n) is 3.00. The van der Waals surface area contributed by atoms with Crippen LogP contribution in [0.25, 0.3) is 0 Å². The van der Waals surface area contributed by atoms with Crippen LogP contribution in [0, 0.1) is 0 Å². The lowest BCUT2D eigenvalue weighted by Gasteiger charge is -2.12. The third-order valence-corrected chi connectivity index (χ3v) is 3.25. The van der Waals surface area contributed by atoms with E-state index in [9.17, 15) is 4.79 Å². The molecule has 0 aliphatic carbocycles. The smallest absolute Gasteiger partial charge is 0.187 e. The molecule has 0 heterocycles. The number of anilines is 1. The highest BCUT2D eigenvalue weighted by Gasteiger charge is 2.05. The van der Waals surface area contributed by atoms with Gasteiger partial charge in [0.25, 0.3) is 0 Å². The number of hydrogen-bond acceptors (Lipinski definition) is 3. The fourth-order valence-electron chi connectivity index (χ4n) is 1.99. The highest BCUT2D eigenvalue weighted by Crippen LogP contribution is 2.25. The Kier molecular flexibility index (Phi) is 5.61. The maximum Gasteiger partial charge on any atom is 0.187 e. The Labute approximate surface area is 135 Å². The minimum atomic E-state index is -0.0736. The van der Waals surface area contributed by atoms with Crippen molar-refractivity contribution in [2.75, 3.05) is 11.9 Å². The number of para-hydroxylation sites is 2. The largest absolute Gasteiger partial charge is 0.492 e. The van der Waals surface area contributed by atoms with Crippen molar-refractivity contribution in [1.29, 1.82) is 0 Å². The topological polar surface area (TPSA) is 38.3 Å². The molecule has 2 rings (SSSR count). The number of rotatable bonds is 6. The monoisotopic (exact) mass is 315 g/mol. The molecule has 2 aromatic rings. The normalized spacial score (nSPS) is 11.1. The number of halogens is 1. The summed E-state index contributed by atoms with van der Waals surface area (Å²) in [7, 11) is 0. The zero-order valence-corrected chi connectivity index (χ0v) is 13.4. The Balaban J connectivity index is 2.13. The first-order valence-corrected chi connectivity index (χ1v) is 7.45. The fourth-order valence-corrected chi connectivity index (χ4v) is 2.12. The molecule has 0 aliphatic heterocycles. The molecule has 2 aromatic carbocycles. The molecule has 0 bridgehead atoms. The van der Waals surface area contributed by atoms with Gasteiger partial charge < -0.3 is 10.1 Å². The number of nitrogens with one attached hydrogen (secondary N) is 1. The molecule has 22 heavy (non-hydrogen) atoms. The van der Waals surface area contributed by atoms with Crippen LogP contribution in [0.1, 0.15) is 24.2 Å². The van der Waals surface area contributed by atoms with Crippen LogP contribution in [0.3, 0.4) is 0 Å². The number of carbonyl (C=O) groups excluding carboxylic acids is 1. The molecule has 0 fully saturated rings. The summed E-state index contributed by atoms with van der Waals surface area (Å²) in [6.07, 6.45) is 1.56. The summed E-state index contributed by atoms with van der Waals surface area (Å²) >= 11 is 5.82. The van der Waals surface area contributed by atoms with E-state index in [1.54, 1.807) is 30.3 Å². The lowest BCUT2D eigenvalue weighted by Crippen LogP contribution is -2.03. The molecule has 0 spiro atoms. The lowest BCUT2D eigenvalue weighted by atomic mass is 10.1. The molecule has 114 valence electrons. The fraction of sp³-hybridized carbons (Fsp3) is 0.167. The summed E-state index contributed by atoms with van der Waals surface area (Å²) in [5.41, 5.74) is 2.18. The number of carbonyl (C=O) groups is 1. The van der Waals surface area contributed by atoms with E-state index < -0.39 is 0 Å². The Morgan fingerprint density at radius 3 is 2.55 bits per heavy atom. The van der Waals surface area contributed by atoms with Gasteiger partial charge in [-0.15, -0.1) is 0 Å². The number of benzene rings is 2. The van der Waals surface area contributed by atoms with Crippen LogP contribution >= 0.6 is 11.6 Å². The molecule has 0 unspecified atom stereocenters. The minimum absolute atomic E-state index is 0.0736. The van der Waals surface area contributed by atoms with E-state index in [0.717, 1.165) is 17.1 Å². The molecule has 0 saturated carbocycles. The molecule has 1 N–H and O–H groups in total. The maximum atomic E-state index is 12.2. The van der Waals surface area contributed by atoms with E-state index >= 15 is 0 Å². The van der Waals surface area contributed by atoms with E-state index in [-0.39, 0.29) is 5.78 Å². The molecule has 4 heteroatoms. The van der Waals surface area contributed by atoms with E-state index in [1.807, 2.05) is 38.1 Å². The first-order valence-electron chi connectivity index (χ1n) is 7.07. The van der Waals surface area contributed by atoms with Gasteiger partial charge in [0.05, 0.1) is 12.3 Å². The van der Waals surface area contributed by atoms with Crippen LogP contribution in [-0.2, 0) is 0 Å². The van der Waals surface area contributed by atoms with Crippen molar-refractivity contribution in [1.82, 2.24) is 0 Å². The second kappa shape index (κ2) is 7.66. The van der Waals surface area contributed by atoms with Crippen LogP contribution in [0.4, 0.5) is 5.69 Å². The van der Waals surface area contributed by atoms with Crippen LogP contribution in [0.5, 0.6) is 5.75 Å². The zero-order chi connectivity index (χ0) is 15.9. The van der Waals surface area contributed by atoms with Gasteiger partial charge in [-0.3, -0.25) is 4.79 Å².